The van der Waals surface area contributed by atoms with E-state index in [4.69, 9.17) is 16.6 Å². The van der Waals surface area contributed by atoms with Crippen LogP contribution in [-0.4, -0.2) is 43.0 Å². The van der Waals surface area contributed by atoms with Gasteiger partial charge in [0.05, 0.1) is 15.2 Å². The molecule has 4 aromatic rings. The SMILES string of the molecule is Cc1cc(C)c2sc(N(CCCN(C)C)C(=O)c3sc4ccccc4c3Cl)nc2c1. The molecule has 7 heteroatoms. The Bertz CT molecular complexity index is 1230. The molecule has 4 nitrogen and oxygen atoms in total. The minimum atomic E-state index is -0.0756. The lowest BCUT2D eigenvalue weighted by Crippen LogP contribution is -2.33. The number of thiophene rings is 1. The number of nitrogens with zero attached hydrogens (tertiary/aromatic N) is 3. The van der Waals surface area contributed by atoms with E-state index < -0.39 is 0 Å². The Hall–Kier alpha value is -1.99. The van der Waals surface area contributed by atoms with Crippen molar-refractivity contribution in [3.8, 4) is 0 Å². The molecule has 2 aromatic heterocycles. The van der Waals surface area contributed by atoms with Crippen LogP contribution in [0.3, 0.4) is 0 Å². The molecule has 0 aliphatic carbocycles. The molecular formula is C23H24ClN3OS2. The van der Waals surface area contributed by atoms with Crippen molar-refractivity contribution in [3.05, 3.63) is 57.4 Å². The topological polar surface area (TPSA) is 36.4 Å². The first kappa shape index (κ1) is 21.2. The van der Waals surface area contributed by atoms with Crippen molar-refractivity contribution < 1.29 is 4.79 Å². The Kier molecular flexibility index (Phi) is 6.11. The Labute approximate surface area is 189 Å². The number of aromatic nitrogens is 1. The Morgan fingerprint density at radius 1 is 1.10 bits per heavy atom. The number of carbonyl (C=O) groups is 1. The number of halogens is 1. The molecule has 0 spiro atoms. The van der Waals surface area contributed by atoms with Crippen molar-refractivity contribution in [1.82, 2.24) is 9.88 Å². The molecule has 0 unspecified atom stereocenters. The molecule has 30 heavy (non-hydrogen) atoms. The number of hydrogen-bond acceptors (Lipinski definition) is 5. The lowest BCUT2D eigenvalue weighted by molar-refractivity contribution is 0.0990. The highest BCUT2D eigenvalue weighted by Crippen LogP contribution is 2.38. The molecule has 2 heterocycles. The van der Waals surface area contributed by atoms with Gasteiger partial charge in [0, 0.05) is 16.6 Å². The predicted molar refractivity (Wildman–Crippen MR) is 131 cm³/mol. The molecule has 0 N–H and O–H groups in total. The van der Waals surface area contributed by atoms with E-state index in [1.54, 1.807) is 16.2 Å². The number of thiazole rings is 1. The lowest BCUT2D eigenvalue weighted by atomic mass is 10.1. The second kappa shape index (κ2) is 8.63. The smallest absolute Gasteiger partial charge is 0.271 e. The van der Waals surface area contributed by atoms with Crippen LogP contribution in [0.4, 0.5) is 5.13 Å². The van der Waals surface area contributed by atoms with E-state index in [-0.39, 0.29) is 5.91 Å². The number of hydrogen-bond donors (Lipinski definition) is 0. The van der Waals surface area contributed by atoms with Gasteiger partial charge in [-0.05, 0) is 64.2 Å². The van der Waals surface area contributed by atoms with Crippen LogP contribution in [0.25, 0.3) is 20.3 Å². The van der Waals surface area contributed by atoms with Gasteiger partial charge in [-0.15, -0.1) is 11.3 Å². The minimum Gasteiger partial charge on any atom is -0.309 e. The molecule has 0 bridgehead atoms. The summed E-state index contributed by atoms with van der Waals surface area (Å²) in [6.45, 7) is 5.66. The van der Waals surface area contributed by atoms with Crippen LogP contribution in [-0.2, 0) is 0 Å². The zero-order valence-corrected chi connectivity index (χ0v) is 19.9. The van der Waals surface area contributed by atoms with E-state index in [2.05, 4.69) is 30.9 Å². The van der Waals surface area contributed by atoms with Gasteiger partial charge >= 0.3 is 0 Å². The molecule has 0 saturated carbocycles. The van der Waals surface area contributed by atoms with Crippen molar-refractivity contribution in [2.24, 2.45) is 0 Å². The van der Waals surface area contributed by atoms with Crippen LogP contribution in [0.5, 0.6) is 0 Å². The van der Waals surface area contributed by atoms with E-state index in [1.807, 2.05) is 38.4 Å². The fourth-order valence-electron chi connectivity index (χ4n) is 3.58. The molecule has 0 atom stereocenters. The number of rotatable bonds is 6. The summed E-state index contributed by atoms with van der Waals surface area (Å²) in [5.41, 5.74) is 3.31. The third kappa shape index (κ3) is 4.10. The van der Waals surface area contributed by atoms with E-state index >= 15 is 0 Å². The lowest BCUT2D eigenvalue weighted by Gasteiger charge is -2.20. The van der Waals surface area contributed by atoms with Crippen molar-refractivity contribution in [2.45, 2.75) is 20.3 Å². The number of amides is 1. The molecule has 0 aliphatic rings. The second-order valence-corrected chi connectivity index (χ2v) is 10.2. The Morgan fingerprint density at radius 2 is 1.87 bits per heavy atom. The van der Waals surface area contributed by atoms with Gasteiger partial charge in [0.1, 0.15) is 4.88 Å². The third-order valence-electron chi connectivity index (χ3n) is 5.00. The van der Waals surface area contributed by atoms with Crippen LogP contribution >= 0.6 is 34.3 Å². The summed E-state index contributed by atoms with van der Waals surface area (Å²) < 4.78 is 2.15. The highest BCUT2D eigenvalue weighted by atomic mass is 35.5. The van der Waals surface area contributed by atoms with Crippen molar-refractivity contribution >= 4 is 65.6 Å². The summed E-state index contributed by atoms with van der Waals surface area (Å²) in [5, 5.41) is 2.19. The van der Waals surface area contributed by atoms with Crippen LogP contribution < -0.4 is 4.90 Å². The number of carbonyl (C=O) groups excluding carboxylic acids is 1. The minimum absolute atomic E-state index is 0.0756. The largest absolute Gasteiger partial charge is 0.309 e. The molecule has 156 valence electrons. The fourth-order valence-corrected chi connectivity index (χ4v) is 6.08. The average Bonchev–Trinajstić information content (AvgIpc) is 3.26. The van der Waals surface area contributed by atoms with Crippen molar-refractivity contribution in [2.75, 3.05) is 32.1 Å². The summed E-state index contributed by atoms with van der Waals surface area (Å²) in [4.78, 5) is 23.0. The first-order chi connectivity index (χ1) is 14.3. The average molecular weight is 458 g/mol. The van der Waals surface area contributed by atoms with Crippen molar-refractivity contribution in [3.63, 3.8) is 0 Å². The van der Waals surface area contributed by atoms with Gasteiger partial charge in [-0.3, -0.25) is 9.69 Å². The Morgan fingerprint density at radius 3 is 2.60 bits per heavy atom. The van der Waals surface area contributed by atoms with Crippen LogP contribution in [0, 0.1) is 13.8 Å². The van der Waals surface area contributed by atoms with Crippen molar-refractivity contribution in [1.29, 1.82) is 0 Å². The molecule has 0 radical (unpaired) electrons. The standard InChI is InChI=1S/C23H24ClN3OS2/c1-14-12-15(2)20-17(13-14)25-23(30-20)27(11-7-10-26(3)4)22(28)21-19(24)16-8-5-6-9-18(16)29-21/h5-6,8-9,12-13H,7,10-11H2,1-4H3. The molecular weight excluding hydrogens is 434 g/mol. The molecule has 2 aromatic carbocycles. The molecule has 0 saturated heterocycles. The fraction of sp³-hybridized carbons (Fsp3) is 0.304. The summed E-state index contributed by atoms with van der Waals surface area (Å²) >= 11 is 9.66. The number of benzene rings is 2. The van der Waals surface area contributed by atoms with E-state index in [0.29, 0.717) is 16.4 Å². The maximum atomic E-state index is 13.6. The van der Waals surface area contributed by atoms with Crippen LogP contribution in [0.15, 0.2) is 36.4 Å². The highest BCUT2D eigenvalue weighted by molar-refractivity contribution is 7.23. The molecule has 4 rings (SSSR count). The zero-order chi connectivity index (χ0) is 21.4. The molecule has 0 fully saturated rings. The summed E-state index contributed by atoms with van der Waals surface area (Å²) in [6, 6.07) is 12.1. The Balaban J connectivity index is 1.76. The van der Waals surface area contributed by atoms with Gasteiger partial charge in [-0.25, -0.2) is 4.98 Å². The molecule has 0 aliphatic heterocycles. The maximum Gasteiger partial charge on any atom is 0.271 e. The van der Waals surface area contributed by atoms with Crippen LogP contribution in [0.1, 0.15) is 27.2 Å². The molecule has 1 amide bonds. The maximum absolute atomic E-state index is 13.6. The van der Waals surface area contributed by atoms with Gasteiger partial charge in [0.2, 0.25) is 0 Å². The van der Waals surface area contributed by atoms with E-state index in [0.717, 1.165) is 38.4 Å². The normalized spacial score (nSPS) is 11.7. The summed E-state index contributed by atoms with van der Waals surface area (Å²) in [5.74, 6) is -0.0756. The quantitative estimate of drug-likeness (QED) is 0.337. The van der Waals surface area contributed by atoms with Gasteiger partial charge in [0.25, 0.3) is 5.91 Å². The van der Waals surface area contributed by atoms with Gasteiger partial charge in [0.15, 0.2) is 5.13 Å². The third-order valence-corrected chi connectivity index (χ3v) is 7.89. The summed E-state index contributed by atoms with van der Waals surface area (Å²) in [6.07, 6.45) is 0.856. The number of fused-ring (bicyclic) bond motifs is 2. The van der Waals surface area contributed by atoms with Gasteiger partial charge in [-0.1, -0.05) is 47.2 Å². The first-order valence-corrected chi connectivity index (χ1v) is 11.9. The first-order valence-electron chi connectivity index (χ1n) is 9.86. The highest BCUT2D eigenvalue weighted by Gasteiger charge is 2.26. The van der Waals surface area contributed by atoms with E-state index in [9.17, 15) is 4.79 Å². The van der Waals surface area contributed by atoms with E-state index in [1.165, 1.54) is 22.5 Å². The monoisotopic (exact) mass is 457 g/mol. The zero-order valence-electron chi connectivity index (χ0n) is 17.5. The summed E-state index contributed by atoms with van der Waals surface area (Å²) in [7, 11) is 4.08. The van der Waals surface area contributed by atoms with Crippen LogP contribution in [0.2, 0.25) is 5.02 Å². The predicted octanol–water partition coefficient (Wildman–Crippen LogP) is 6.38. The van der Waals surface area contributed by atoms with Gasteiger partial charge in [-0.2, -0.15) is 0 Å². The second-order valence-electron chi connectivity index (χ2n) is 7.78. The number of anilines is 1. The number of aryl methyl sites for hydroxylation is 2. The van der Waals surface area contributed by atoms with Gasteiger partial charge < -0.3 is 4.90 Å².